The van der Waals surface area contributed by atoms with Crippen molar-refractivity contribution in [3.05, 3.63) is 62.1 Å². The highest BCUT2D eigenvalue weighted by molar-refractivity contribution is 9.08. The van der Waals surface area contributed by atoms with Gasteiger partial charge in [-0.1, -0.05) is 39.1 Å². The van der Waals surface area contributed by atoms with E-state index in [2.05, 4.69) is 15.9 Å². The van der Waals surface area contributed by atoms with Crippen molar-refractivity contribution in [1.29, 1.82) is 0 Å². The molecule has 2 aromatic carbocycles. The lowest BCUT2D eigenvalue weighted by atomic mass is 10.2. The summed E-state index contributed by atoms with van der Waals surface area (Å²) in [5.41, 5.74) is 0.553. The first kappa shape index (κ1) is 15.1. The number of hydrogen-bond acceptors (Lipinski definition) is 3. The standard InChI is InChI=1S/C13H8BrCl2NO3/c14-7-8-5-10(2-4-12(8)17(18)19)20-13-6-9(15)1-3-11(13)16/h1-6H,7H2. The SMILES string of the molecule is O=[N+]([O-])c1ccc(Oc2cc(Cl)ccc2Cl)cc1CBr. The fourth-order valence-electron chi connectivity index (χ4n) is 1.59. The van der Waals surface area contributed by atoms with Gasteiger partial charge < -0.3 is 4.74 Å². The molecule has 0 aliphatic heterocycles. The number of nitro groups is 1. The molecule has 0 heterocycles. The van der Waals surface area contributed by atoms with Crippen LogP contribution >= 0.6 is 39.1 Å². The second-order valence-corrected chi connectivity index (χ2v) is 5.26. The van der Waals surface area contributed by atoms with Crippen LogP contribution in [0.2, 0.25) is 10.0 Å². The van der Waals surface area contributed by atoms with Crippen molar-refractivity contribution in [2.24, 2.45) is 0 Å². The van der Waals surface area contributed by atoms with Crippen LogP contribution in [-0.4, -0.2) is 4.92 Å². The fourth-order valence-corrected chi connectivity index (χ4v) is 2.36. The van der Waals surface area contributed by atoms with E-state index in [9.17, 15) is 10.1 Å². The number of nitro benzene ring substituents is 1. The zero-order chi connectivity index (χ0) is 14.7. The van der Waals surface area contributed by atoms with Crippen LogP contribution in [0.3, 0.4) is 0 Å². The molecule has 0 spiro atoms. The third-order valence-electron chi connectivity index (χ3n) is 2.51. The molecule has 0 fully saturated rings. The number of alkyl halides is 1. The van der Waals surface area contributed by atoms with Crippen LogP contribution in [-0.2, 0) is 5.33 Å². The van der Waals surface area contributed by atoms with Gasteiger partial charge in [0, 0.05) is 28.0 Å². The molecule has 0 radical (unpaired) electrons. The first-order valence-corrected chi connectivity index (χ1v) is 7.35. The number of rotatable bonds is 4. The summed E-state index contributed by atoms with van der Waals surface area (Å²) in [6.07, 6.45) is 0. The van der Waals surface area contributed by atoms with E-state index in [1.54, 1.807) is 24.3 Å². The summed E-state index contributed by atoms with van der Waals surface area (Å²) in [6.45, 7) is 0. The molecule has 0 saturated carbocycles. The van der Waals surface area contributed by atoms with Crippen LogP contribution in [0.1, 0.15) is 5.56 Å². The van der Waals surface area contributed by atoms with Gasteiger partial charge in [-0.05, 0) is 24.3 Å². The summed E-state index contributed by atoms with van der Waals surface area (Å²) in [4.78, 5) is 10.4. The molecule has 4 nitrogen and oxygen atoms in total. The topological polar surface area (TPSA) is 52.4 Å². The molecule has 20 heavy (non-hydrogen) atoms. The monoisotopic (exact) mass is 375 g/mol. The summed E-state index contributed by atoms with van der Waals surface area (Å²) in [7, 11) is 0. The van der Waals surface area contributed by atoms with Crippen molar-refractivity contribution in [3.8, 4) is 11.5 Å². The Labute approximate surface area is 133 Å². The Balaban J connectivity index is 2.34. The van der Waals surface area contributed by atoms with Gasteiger partial charge in [0.15, 0.2) is 0 Å². The minimum atomic E-state index is -0.438. The first-order valence-electron chi connectivity index (χ1n) is 5.47. The van der Waals surface area contributed by atoms with Crippen molar-refractivity contribution < 1.29 is 9.66 Å². The largest absolute Gasteiger partial charge is 0.456 e. The smallest absolute Gasteiger partial charge is 0.273 e. The summed E-state index contributed by atoms with van der Waals surface area (Å²) < 4.78 is 5.61. The van der Waals surface area contributed by atoms with Gasteiger partial charge in [-0.15, -0.1) is 0 Å². The lowest BCUT2D eigenvalue weighted by Crippen LogP contribution is -1.94. The minimum absolute atomic E-state index is 0.0337. The van der Waals surface area contributed by atoms with E-state index >= 15 is 0 Å². The molecule has 2 aromatic rings. The molecule has 7 heteroatoms. The number of ether oxygens (including phenoxy) is 1. The van der Waals surface area contributed by atoms with Crippen LogP contribution in [0.5, 0.6) is 11.5 Å². The Morgan fingerprint density at radius 2 is 1.95 bits per heavy atom. The highest BCUT2D eigenvalue weighted by atomic mass is 79.9. The lowest BCUT2D eigenvalue weighted by Gasteiger charge is -2.09. The van der Waals surface area contributed by atoms with Crippen LogP contribution in [0.15, 0.2) is 36.4 Å². The minimum Gasteiger partial charge on any atom is -0.456 e. The van der Waals surface area contributed by atoms with Crippen LogP contribution in [0, 0.1) is 10.1 Å². The van der Waals surface area contributed by atoms with Gasteiger partial charge in [0.2, 0.25) is 0 Å². The van der Waals surface area contributed by atoms with Gasteiger partial charge in [0.05, 0.1) is 9.95 Å². The van der Waals surface area contributed by atoms with Crippen molar-refractivity contribution in [2.45, 2.75) is 5.33 Å². The van der Waals surface area contributed by atoms with E-state index in [-0.39, 0.29) is 5.69 Å². The van der Waals surface area contributed by atoms with Crippen molar-refractivity contribution in [1.82, 2.24) is 0 Å². The molecule has 0 saturated heterocycles. The molecule has 104 valence electrons. The van der Waals surface area contributed by atoms with E-state index in [1.165, 1.54) is 12.1 Å². The Bertz CT molecular complexity index is 664. The maximum Gasteiger partial charge on any atom is 0.273 e. The quantitative estimate of drug-likeness (QED) is 0.397. The highest BCUT2D eigenvalue weighted by Gasteiger charge is 2.14. The molecular formula is C13H8BrCl2NO3. The molecule has 0 unspecified atom stereocenters. The molecular weight excluding hydrogens is 369 g/mol. The first-order chi connectivity index (χ1) is 9.51. The lowest BCUT2D eigenvalue weighted by molar-refractivity contribution is -0.385. The van der Waals surface area contributed by atoms with Gasteiger partial charge in [0.25, 0.3) is 5.69 Å². The maximum atomic E-state index is 10.9. The zero-order valence-electron chi connectivity index (χ0n) is 9.98. The number of benzene rings is 2. The Morgan fingerprint density at radius 3 is 2.60 bits per heavy atom. The fraction of sp³-hybridized carbons (Fsp3) is 0.0769. The van der Waals surface area contributed by atoms with Crippen LogP contribution < -0.4 is 4.74 Å². The number of nitrogens with zero attached hydrogens (tertiary/aromatic N) is 1. The summed E-state index contributed by atoms with van der Waals surface area (Å²) >= 11 is 15.1. The van der Waals surface area contributed by atoms with Gasteiger partial charge >= 0.3 is 0 Å². The highest BCUT2D eigenvalue weighted by Crippen LogP contribution is 2.34. The third kappa shape index (κ3) is 3.42. The maximum absolute atomic E-state index is 10.9. The van der Waals surface area contributed by atoms with Gasteiger partial charge in [0.1, 0.15) is 11.5 Å². The molecule has 0 N–H and O–H groups in total. The average molecular weight is 377 g/mol. The molecule has 0 bridgehead atoms. The summed E-state index contributed by atoms with van der Waals surface area (Å²) in [5.74, 6) is 0.850. The van der Waals surface area contributed by atoms with E-state index in [0.717, 1.165) is 0 Å². The predicted molar refractivity (Wildman–Crippen MR) is 82.3 cm³/mol. The van der Waals surface area contributed by atoms with E-state index < -0.39 is 4.92 Å². The number of halogens is 3. The zero-order valence-corrected chi connectivity index (χ0v) is 13.1. The van der Waals surface area contributed by atoms with Crippen molar-refractivity contribution in [2.75, 3.05) is 0 Å². The molecule has 0 aromatic heterocycles. The molecule has 0 aliphatic carbocycles. The normalized spacial score (nSPS) is 10.3. The van der Waals surface area contributed by atoms with E-state index in [4.69, 9.17) is 27.9 Å². The van der Waals surface area contributed by atoms with Crippen LogP contribution in [0.4, 0.5) is 5.69 Å². The van der Waals surface area contributed by atoms with Crippen molar-refractivity contribution in [3.63, 3.8) is 0 Å². The molecule has 2 rings (SSSR count). The predicted octanol–water partition coefficient (Wildman–Crippen LogP) is 5.59. The number of hydrogen-bond donors (Lipinski definition) is 0. The second-order valence-electron chi connectivity index (χ2n) is 3.86. The van der Waals surface area contributed by atoms with Gasteiger partial charge in [-0.25, -0.2) is 0 Å². The molecule has 0 aliphatic rings. The van der Waals surface area contributed by atoms with Gasteiger partial charge in [-0.2, -0.15) is 0 Å². The average Bonchev–Trinajstić information content (AvgIpc) is 2.42. The van der Waals surface area contributed by atoms with E-state index in [0.29, 0.717) is 32.4 Å². The van der Waals surface area contributed by atoms with Gasteiger partial charge in [-0.3, -0.25) is 10.1 Å². The third-order valence-corrected chi connectivity index (χ3v) is 3.66. The summed E-state index contributed by atoms with van der Waals surface area (Å²) in [6, 6.07) is 9.35. The second kappa shape index (κ2) is 6.43. The Morgan fingerprint density at radius 1 is 1.20 bits per heavy atom. The van der Waals surface area contributed by atoms with Crippen molar-refractivity contribution >= 4 is 44.8 Å². The van der Waals surface area contributed by atoms with E-state index in [1.807, 2.05) is 0 Å². The Hall–Kier alpha value is -1.30. The molecule has 0 atom stereocenters. The van der Waals surface area contributed by atoms with Crippen LogP contribution in [0.25, 0.3) is 0 Å². The molecule has 0 amide bonds. The summed E-state index contributed by atoms with van der Waals surface area (Å²) in [5, 5.41) is 12.1. The Kier molecular flexibility index (Phi) is 4.86.